The van der Waals surface area contributed by atoms with Crippen LogP contribution in [0.5, 0.6) is 0 Å². The standard InChI is InChI=1S/C34H61N9O13/c1-2-27(19-36-3-7-38(21-29(45)46)11-15-42(25-33(53)54)16-12-39(8-4-36)22-30(47)48)35-28(44)20-37-5-9-40(23-31(49)50)13-17-43(26-34(55)56)18-14-41(10-6-37)24-32(51)52/h27H,2-26H2,1H3,(H,35,44)(H,45,46)(H,47,48)(H,49,50)(H,51,52)(H,53,54)(H,55,56)/t27-/m0/s1. The number of carbonyl (C=O) groups is 7. The van der Waals surface area contributed by atoms with Gasteiger partial charge in [0.05, 0.1) is 45.8 Å². The highest BCUT2D eigenvalue weighted by molar-refractivity contribution is 5.78. The van der Waals surface area contributed by atoms with Crippen molar-refractivity contribution in [3.05, 3.63) is 0 Å². The minimum absolute atomic E-state index is 0.0604. The Morgan fingerprint density at radius 1 is 0.375 bits per heavy atom. The maximum atomic E-state index is 13.6. The number of carbonyl (C=O) groups excluding carboxylic acids is 1. The number of carboxylic acid groups (broad SMARTS) is 6. The average molecular weight is 804 g/mol. The van der Waals surface area contributed by atoms with Crippen molar-refractivity contribution in [2.24, 2.45) is 0 Å². The zero-order valence-corrected chi connectivity index (χ0v) is 32.4. The van der Waals surface area contributed by atoms with E-state index >= 15 is 0 Å². The molecule has 0 radical (unpaired) electrons. The fraction of sp³-hybridized carbons (Fsp3) is 0.794. The van der Waals surface area contributed by atoms with E-state index in [2.05, 4.69) is 5.32 Å². The molecule has 0 aromatic heterocycles. The Balaban J connectivity index is 2.19. The van der Waals surface area contributed by atoms with Crippen LogP contribution < -0.4 is 5.32 Å². The van der Waals surface area contributed by atoms with Crippen molar-refractivity contribution in [3.8, 4) is 0 Å². The summed E-state index contributed by atoms with van der Waals surface area (Å²) in [5.74, 6) is -6.56. The van der Waals surface area contributed by atoms with Crippen LogP contribution >= 0.6 is 0 Å². The number of rotatable bonds is 18. The lowest BCUT2D eigenvalue weighted by Gasteiger charge is -2.35. The second kappa shape index (κ2) is 26.0. The molecule has 0 saturated carbocycles. The van der Waals surface area contributed by atoms with Crippen LogP contribution in [0.3, 0.4) is 0 Å². The predicted molar refractivity (Wildman–Crippen MR) is 200 cm³/mol. The van der Waals surface area contributed by atoms with Crippen LogP contribution in [0.1, 0.15) is 13.3 Å². The fourth-order valence-electron chi connectivity index (χ4n) is 6.66. The lowest BCUT2D eigenvalue weighted by Crippen LogP contribution is -2.52. The summed E-state index contributed by atoms with van der Waals surface area (Å²) >= 11 is 0. The van der Waals surface area contributed by atoms with Crippen molar-refractivity contribution in [2.45, 2.75) is 19.4 Å². The van der Waals surface area contributed by atoms with Gasteiger partial charge in [-0.2, -0.15) is 0 Å². The minimum Gasteiger partial charge on any atom is -0.480 e. The van der Waals surface area contributed by atoms with Crippen molar-refractivity contribution < 1.29 is 64.2 Å². The van der Waals surface area contributed by atoms with Gasteiger partial charge in [0, 0.05) is 117 Å². The Morgan fingerprint density at radius 3 is 0.768 bits per heavy atom. The second-order valence-electron chi connectivity index (χ2n) is 14.3. The number of amides is 1. The van der Waals surface area contributed by atoms with E-state index in [9.17, 15) is 64.2 Å². The Kier molecular flexibility index (Phi) is 22.3. The molecule has 0 aromatic carbocycles. The summed E-state index contributed by atoms with van der Waals surface area (Å²) in [5, 5.41) is 60.0. The van der Waals surface area contributed by atoms with Gasteiger partial charge in [-0.3, -0.25) is 72.8 Å². The molecule has 320 valence electrons. The summed E-state index contributed by atoms with van der Waals surface area (Å²) in [4.78, 5) is 97.1. The molecule has 0 aromatic rings. The van der Waals surface area contributed by atoms with Crippen molar-refractivity contribution in [1.82, 2.24) is 44.5 Å². The van der Waals surface area contributed by atoms with Gasteiger partial charge in [-0.1, -0.05) is 6.92 Å². The Hall–Kier alpha value is -4.03. The quantitative estimate of drug-likeness (QED) is 0.0692. The number of nitrogens with one attached hydrogen (secondary N) is 1. The molecule has 0 aliphatic carbocycles. The van der Waals surface area contributed by atoms with Gasteiger partial charge in [-0.25, -0.2) is 0 Å². The first-order valence-electron chi connectivity index (χ1n) is 18.9. The summed E-state index contributed by atoms with van der Waals surface area (Å²) in [6, 6.07) is -0.345. The molecular weight excluding hydrogens is 742 g/mol. The molecule has 2 saturated heterocycles. The van der Waals surface area contributed by atoms with E-state index < -0.39 is 35.8 Å². The fourth-order valence-corrected chi connectivity index (χ4v) is 6.66. The third-order valence-electron chi connectivity index (χ3n) is 9.72. The summed E-state index contributed by atoms with van der Waals surface area (Å²) in [7, 11) is 0. The van der Waals surface area contributed by atoms with Crippen molar-refractivity contribution in [2.75, 3.05) is 157 Å². The molecule has 0 bridgehead atoms. The normalized spacial score (nSPS) is 20.4. The molecule has 2 rings (SSSR count). The third-order valence-corrected chi connectivity index (χ3v) is 9.72. The summed E-state index contributed by atoms with van der Waals surface area (Å²) < 4.78 is 0. The first kappa shape index (κ1) is 48.1. The molecule has 2 fully saturated rings. The predicted octanol–water partition coefficient (Wildman–Crippen LogP) is -4.17. The maximum Gasteiger partial charge on any atom is 0.317 e. The first-order valence-corrected chi connectivity index (χ1v) is 18.9. The average Bonchev–Trinajstić information content (AvgIpc) is 3.08. The minimum atomic E-state index is -1.05. The highest BCUT2D eigenvalue weighted by atomic mass is 16.4. The Bertz CT molecular complexity index is 1230. The number of nitrogens with zero attached hydrogens (tertiary/aromatic N) is 8. The van der Waals surface area contributed by atoms with E-state index in [1.165, 1.54) is 0 Å². The highest BCUT2D eigenvalue weighted by Crippen LogP contribution is 2.06. The van der Waals surface area contributed by atoms with Crippen LogP contribution in [-0.2, 0) is 33.6 Å². The van der Waals surface area contributed by atoms with Gasteiger partial charge in [0.15, 0.2) is 0 Å². The highest BCUT2D eigenvalue weighted by Gasteiger charge is 2.24. The number of hydrogen-bond acceptors (Lipinski definition) is 15. The van der Waals surface area contributed by atoms with E-state index in [1.807, 2.05) is 16.7 Å². The molecule has 1 amide bonds. The van der Waals surface area contributed by atoms with Crippen LogP contribution in [-0.4, -0.2) is 275 Å². The molecule has 1 atom stereocenters. The number of hydrogen-bond donors (Lipinski definition) is 7. The molecule has 22 nitrogen and oxygen atoms in total. The molecular formula is C34H61N9O13. The van der Waals surface area contributed by atoms with E-state index in [0.717, 1.165) is 0 Å². The topological polar surface area (TPSA) is 279 Å². The van der Waals surface area contributed by atoms with Crippen LogP contribution in [0.25, 0.3) is 0 Å². The Morgan fingerprint density at radius 2 is 0.571 bits per heavy atom. The molecule has 56 heavy (non-hydrogen) atoms. The second-order valence-corrected chi connectivity index (χ2v) is 14.3. The number of aliphatic carboxylic acids is 6. The van der Waals surface area contributed by atoms with E-state index in [1.54, 1.807) is 29.4 Å². The summed E-state index contributed by atoms with van der Waals surface area (Å²) in [6.07, 6.45) is 0.537. The zero-order valence-electron chi connectivity index (χ0n) is 32.4. The van der Waals surface area contributed by atoms with Gasteiger partial charge in [-0.15, -0.1) is 0 Å². The van der Waals surface area contributed by atoms with Gasteiger partial charge < -0.3 is 36.0 Å². The molecule has 7 N–H and O–H groups in total. The molecule has 2 heterocycles. The van der Waals surface area contributed by atoms with Crippen LogP contribution in [0.4, 0.5) is 0 Å². The van der Waals surface area contributed by atoms with Crippen LogP contribution in [0.2, 0.25) is 0 Å². The van der Waals surface area contributed by atoms with Crippen LogP contribution in [0, 0.1) is 0 Å². The largest absolute Gasteiger partial charge is 0.480 e. The SMILES string of the molecule is CC[C@@H](CN1CCN(CC(=O)O)CCN(CC(=O)O)CCN(CC(=O)O)CC1)NC(=O)CN1CCN(CC(=O)O)CCN(CC(=O)O)CCN(CC(=O)O)CC1. The molecule has 2 aliphatic heterocycles. The number of carboxylic acids is 6. The monoisotopic (exact) mass is 803 g/mol. The van der Waals surface area contributed by atoms with Crippen molar-refractivity contribution in [3.63, 3.8) is 0 Å². The van der Waals surface area contributed by atoms with Gasteiger partial charge in [-0.05, 0) is 6.42 Å². The van der Waals surface area contributed by atoms with E-state index in [0.29, 0.717) is 39.1 Å². The van der Waals surface area contributed by atoms with Crippen molar-refractivity contribution in [1.29, 1.82) is 0 Å². The van der Waals surface area contributed by atoms with Crippen LogP contribution in [0.15, 0.2) is 0 Å². The van der Waals surface area contributed by atoms with Crippen molar-refractivity contribution >= 4 is 41.7 Å². The Labute approximate surface area is 326 Å². The van der Waals surface area contributed by atoms with Gasteiger partial charge >= 0.3 is 35.8 Å². The molecule has 2 aliphatic rings. The lowest BCUT2D eigenvalue weighted by molar-refractivity contribution is -0.140. The molecule has 22 heteroatoms. The smallest absolute Gasteiger partial charge is 0.317 e. The van der Waals surface area contributed by atoms with Gasteiger partial charge in [0.2, 0.25) is 5.91 Å². The molecule has 0 spiro atoms. The van der Waals surface area contributed by atoms with E-state index in [4.69, 9.17) is 0 Å². The third kappa shape index (κ3) is 21.9. The molecule has 0 unspecified atom stereocenters. The van der Waals surface area contributed by atoms with E-state index in [-0.39, 0.29) is 136 Å². The maximum absolute atomic E-state index is 13.6. The first-order chi connectivity index (χ1) is 26.5. The summed E-state index contributed by atoms with van der Waals surface area (Å²) in [5.41, 5.74) is 0. The summed E-state index contributed by atoms with van der Waals surface area (Å²) in [6.45, 7) is 5.27. The van der Waals surface area contributed by atoms with Gasteiger partial charge in [0.25, 0.3) is 0 Å². The van der Waals surface area contributed by atoms with Gasteiger partial charge in [0.1, 0.15) is 0 Å². The lowest BCUT2D eigenvalue weighted by atomic mass is 10.2. The zero-order chi connectivity index (χ0) is 41.6.